The Morgan fingerprint density at radius 2 is 1.57 bits per heavy atom. The molecule has 1 N–H and O–H groups in total. The van der Waals surface area contributed by atoms with Crippen LogP contribution in [0.15, 0.2) is 72.8 Å². The molecule has 0 saturated carbocycles. The van der Waals surface area contributed by atoms with Crippen molar-refractivity contribution in [2.45, 2.75) is 19.8 Å². The lowest BCUT2D eigenvalue weighted by Crippen LogP contribution is -2.36. The van der Waals surface area contributed by atoms with Crippen LogP contribution < -0.4 is 5.32 Å². The molecule has 0 amide bonds. The zero-order valence-corrected chi connectivity index (χ0v) is 17.6. The molecular weight excluding hydrogens is 425 g/mol. The number of rotatable bonds is 7. The molecule has 0 aliphatic rings. The summed E-state index contributed by atoms with van der Waals surface area (Å²) in [5.74, 6) is -1.47. The van der Waals surface area contributed by atoms with Gasteiger partial charge in [-0.3, -0.25) is 0 Å². The lowest BCUT2D eigenvalue weighted by molar-refractivity contribution is -0.153. The molecule has 154 valence electrons. The molecule has 3 aromatic carbocycles. The summed E-state index contributed by atoms with van der Waals surface area (Å²) < 4.78 is 10.7. The van der Waals surface area contributed by atoms with Crippen LogP contribution in [0.4, 0.5) is 5.69 Å². The van der Waals surface area contributed by atoms with Crippen molar-refractivity contribution in [2.75, 3.05) is 5.32 Å². The predicted molar refractivity (Wildman–Crippen MR) is 117 cm³/mol. The van der Waals surface area contributed by atoms with Crippen molar-refractivity contribution >= 4 is 40.8 Å². The van der Waals surface area contributed by atoms with E-state index in [4.69, 9.17) is 32.7 Å². The predicted octanol–water partition coefficient (Wildman–Crippen LogP) is 5.64. The highest BCUT2D eigenvalue weighted by Gasteiger charge is 2.27. The van der Waals surface area contributed by atoms with Crippen molar-refractivity contribution in [3.05, 3.63) is 99.5 Å². The van der Waals surface area contributed by atoms with Crippen molar-refractivity contribution in [1.29, 1.82) is 0 Å². The van der Waals surface area contributed by atoms with E-state index in [9.17, 15) is 9.59 Å². The van der Waals surface area contributed by atoms with Crippen molar-refractivity contribution in [1.82, 2.24) is 0 Å². The molecule has 0 radical (unpaired) electrons. The Balaban J connectivity index is 1.81. The molecule has 3 aromatic rings. The molecule has 0 spiro atoms. The molecule has 0 aliphatic carbocycles. The molecule has 30 heavy (non-hydrogen) atoms. The third-order valence-corrected chi connectivity index (χ3v) is 5.03. The van der Waals surface area contributed by atoms with Gasteiger partial charge in [-0.1, -0.05) is 77.8 Å². The molecule has 3 rings (SSSR count). The second-order valence-corrected chi connectivity index (χ2v) is 7.23. The van der Waals surface area contributed by atoms with Gasteiger partial charge in [-0.05, 0) is 36.2 Å². The largest absolute Gasteiger partial charge is 0.457 e. The highest BCUT2D eigenvalue weighted by Crippen LogP contribution is 2.33. The zero-order chi connectivity index (χ0) is 21.5. The Kier molecular flexibility index (Phi) is 7.33. The number of anilines is 1. The van der Waals surface area contributed by atoms with Crippen LogP contribution in [0.25, 0.3) is 0 Å². The number of nitrogens with one attached hydrogen (secondary N) is 1. The Labute approximate surface area is 184 Å². The first-order chi connectivity index (χ1) is 14.5. The van der Waals surface area contributed by atoms with Crippen LogP contribution in [0.1, 0.15) is 21.5 Å². The number of benzene rings is 3. The Hall–Kier alpha value is -3.02. The Bertz CT molecular complexity index is 1030. The fraction of sp³-hybridized carbons (Fsp3) is 0.130. The molecule has 0 heterocycles. The molecule has 0 saturated heterocycles. The average molecular weight is 444 g/mol. The van der Waals surface area contributed by atoms with Gasteiger partial charge < -0.3 is 14.8 Å². The van der Waals surface area contributed by atoms with E-state index in [-0.39, 0.29) is 17.3 Å². The van der Waals surface area contributed by atoms with Crippen LogP contribution in [0.3, 0.4) is 0 Å². The monoisotopic (exact) mass is 443 g/mol. The van der Waals surface area contributed by atoms with Crippen molar-refractivity contribution in [2.24, 2.45) is 0 Å². The summed E-state index contributed by atoms with van der Waals surface area (Å²) in [4.78, 5) is 25.3. The number of carbonyl (C=O) groups is 2. The summed E-state index contributed by atoms with van der Waals surface area (Å²) in [6.07, 6.45) is -1.45. The van der Waals surface area contributed by atoms with Gasteiger partial charge in [0.05, 0.1) is 21.3 Å². The van der Waals surface area contributed by atoms with Crippen LogP contribution >= 0.6 is 23.2 Å². The van der Waals surface area contributed by atoms with Gasteiger partial charge >= 0.3 is 11.9 Å². The minimum atomic E-state index is -1.45. The van der Waals surface area contributed by atoms with Gasteiger partial charge in [0, 0.05) is 0 Å². The van der Waals surface area contributed by atoms with Gasteiger partial charge in [-0.25, -0.2) is 9.59 Å². The third kappa shape index (κ3) is 5.53. The number of esters is 2. The summed E-state index contributed by atoms with van der Waals surface area (Å²) in [5, 5.41) is 3.41. The highest BCUT2D eigenvalue weighted by atomic mass is 35.5. The fourth-order valence-corrected chi connectivity index (χ4v) is 3.09. The summed E-state index contributed by atoms with van der Waals surface area (Å²) >= 11 is 12.6. The van der Waals surface area contributed by atoms with Crippen LogP contribution in [0.5, 0.6) is 0 Å². The van der Waals surface area contributed by atoms with Gasteiger partial charge in [0.1, 0.15) is 6.61 Å². The zero-order valence-electron chi connectivity index (χ0n) is 16.1. The van der Waals surface area contributed by atoms with E-state index < -0.39 is 18.2 Å². The molecule has 7 heteroatoms. The topological polar surface area (TPSA) is 64.6 Å². The van der Waals surface area contributed by atoms with Gasteiger partial charge in [-0.2, -0.15) is 0 Å². The second-order valence-electron chi connectivity index (χ2n) is 6.44. The lowest BCUT2D eigenvalue weighted by atomic mass is 10.2. The first kappa shape index (κ1) is 21.7. The summed E-state index contributed by atoms with van der Waals surface area (Å²) in [5.41, 5.74) is 2.11. The molecule has 1 unspecified atom stereocenters. The van der Waals surface area contributed by atoms with E-state index in [1.165, 1.54) is 0 Å². The average Bonchev–Trinajstić information content (AvgIpc) is 2.78. The molecule has 0 bridgehead atoms. The van der Waals surface area contributed by atoms with E-state index in [2.05, 4.69) is 5.32 Å². The van der Waals surface area contributed by atoms with E-state index in [0.29, 0.717) is 10.6 Å². The minimum absolute atomic E-state index is 0.0238. The molecule has 0 aromatic heterocycles. The molecule has 0 aliphatic heterocycles. The Morgan fingerprint density at radius 3 is 2.23 bits per heavy atom. The maximum Gasteiger partial charge on any atom is 0.369 e. The molecule has 5 nitrogen and oxygen atoms in total. The van der Waals surface area contributed by atoms with E-state index in [1.54, 1.807) is 49.4 Å². The van der Waals surface area contributed by atoms with Crippen LogP contribution in [-0.2, 0) is 20.9 Å². The molecule has 0 fully saturated rings. The maximum atomic E-state index is 12.7. The number of ether oxygens (including phenoxy) is 2. The smallest absolute Gasteiger partial charge is 0.369 e. The van der Waals surface area contributed by atoms with E-state index >= 15 is 0 Å². The molecule has 1 atom stereocenters. The number of carbonyl (C=O) groups excluding carboxylic acids is 2. The summed E-state index contributed by atoms with van der Waals surface area (Å²) in [7, 11) is 0. The number of halogens is 2. The SMILES string of the molecule is Cc1ccc(Cl)c(NC(OC(=O)c2ccccc2)C(=O)OCc2ccccc2)c1Cl. The van der Waals surface area contributed by atoms with Crippen LogP contribution in [-0.4, -0.2) is 18.2 Å². The van der Waals surface area contributed by atoms with Crippen LogP contribution in [0.2, 0.25) is 10.0 Å². The highest BCUT2D eigenvalue weighted by molar-refractivity contribution is 6.39. The third-order valence-electron chi connectivity index (χ3n) is 4.23. The minimum Gasteiger partial charge on any atom is -0.457 e. The number of hydrogen-bond acceptors (Lipinski definition) is 5. The quantitative estimate of drug-likeness (QED) is 0.378. The lowest BCUT2D eigenvalue weighted by Gasteiger charge is -2.21. The summed E-state index contributed by atoms with van der Waals surface area (Å²) in [6, 6.07) is 20.9. The first-order valence-corrected chi connectivity index (χ1v) is 9.89. The number of aryl methyl sites for hydroxylation is 1. The van der Waals surface area contributed by atoms with Crippen molar-refractivity contribution < 1.29 is 19.1 Å². The summed E-state index contributed by atoms with van der Waals surface area (Å²) in [6.45, 7) is 1.82. The fourth-order valence-electron chi connectivity index (χ4n) is 2.61. The normalized spacial score (nSPS) is 11.4. The van der Waals surface area contributed by atoms with Crippen molar-refractivity contribution in [3.63, 3.8) is 0 Å². The number of hydrogen-bond donors (Lipinski definition) is 1. The Morgan fingerprint density at radius 1 is 0.933 bits per heavy atom. The van der Waals surface area contributed by atoms with Gasteiger partial charge in [-0.15, -0.1) is 0 Å². The van der Waals surface area contributed by atoms with E-state index in [1.807, 2.05) is 30.3 Å². The molecular formula is C23H19Cl2NO4. The first-order valence-electron chi connectivity index (χ1n) is 9.13. The maximum absolute atomic E-state index is 12.7. The standard InChI is InChI=1S/C23H19Cl2NO4/c1-15-12-13-18(24)20(19(15)25)26-21(30-22(27)17-10-6-3-7-11-17)23(28)29-14-16-8-4-2-5-9-16/h2-13,21,26H,14H2,1H3. The van der Waals surface area contributed by atoms with Crippen LogP contribution in [0, 0.1) is 6.92 Å². The van der Waals surface area contributed by atoms with Crippen molar-refractivity contribution in [3.8, 4) is 0 Å². The second kappa shape index (κ2) is 10.1. The van der Waals surface area contributed by atoms with Gasteiger partial charge in [0.2, 0.25) is 0 Å². The van der Waals surface area contributed by atoms with E-state index in [0.717, 1.165) is 11.1 Å². The van der Waals surface area contributed by atoms with Gasteiger partial charge in [0.15, 0.2) is 0 Å². The van der Waals surface area contributed by atoms with Gasteiger partial charge in [0.25, 0.3) is 6.23 Å².